The summed E-state index contributed by atoms with van der Waals surface area (Å²) in [6.45, 7) is 11.9. The second-order valence-corrected chi connectivity index (χ2v) is 11.8. The van der Waals surface area contributed by atoms with E-state index >= 15 is 0 Å². The van der Waals surface area contributed by atoms with Crippen LogP contribution in [0.1, 0.15) is 60.4 Å². The average molecular weight is 597 g/mol. The van der Waals surface area contributed by atoms with Crippen molar-refractivity contribution in [2.24, 2.45) is 0 Å². The molecule has 2 heterocycles. The summed E-state index contributed by atoms with van der Waals surface area (Å²) in [5, 5.41) is 18.2. The minimum absolute atomic E-state index is 0. The van der Waals surface area contributed by atoms with Crippen molar-refractivity contribution < 1.29 is 24.0 Å². The van der Waals surface area contributed by atoms with Gasteiger partial charge in [0.25, 0.3) is 5.69 Å². The zero-order valence-electron chi connectivity index (χ0n) is 24.9. The molecule has 0 fully saturated rings. The summed E-state index contributed by atoms with van der Waals surface area (Å²) in [4.78, 5) is 39.7. The Bertz CT molecular complexity index is 1540. The van der Waals surface area contributed by atoms with Crippen molar-refractivity contribution in [2.75, 3.05) is 18.8 Å². The van der Waals surface area contributed by atoms with Crippen LogP contribution < -0.4 is 16.4 Å². The van der Waals surface area contributed by atoms with Crippen molar-refractivity contribution in [2.45, 2.75) is 73.0 Å². The van der Waals surface area contributed by atoms with E-state index in [0.29, 0.717) is 31.4 Å². The molecule has 2 amide bonds. The zero-order valence-corrected chi connectivity index (χ0v) is 24.9. The van der Waals surface area contributed by atoms with Gasteiger partial charge in [0.1, 0.15) is 11.2 Å². The summed E-state index contributed by atoms with van der Waals surface area (Å²) in [5.41, 5.74) is 9.20. The molecule has 0 bridgehead atoms. The molecule has 2 aromatic heterocycles. The first-order valence-electron chi connectivity index (χ1n) is 13.6. The molecule has 4 rings (SSSR count). The molecule has 43 heavy (non-hydrogen) atoms. The first-order valence-corrected chi connectivity index (χ1v) is 13.6. The minimum Gasteiger partial charge on any atom is -0.444 e. The van der Waals surface area contributed by atoms with Crippen LogP contribution in [0, 0.1) is 10.1 Å². The Labute approximate surface area is 251 Å². The number of hydrogen-bond donors (Lipinski definition) is 5. The summed E-state index contributed by atoms with van der Waals surface area (Å²) < 4.78 is 10.3. The molecular formula is C31H44N6O6. The summed E-state index contributed by atoms with van der Waals surface area (Å²) >= 11 is 0. The topological polar surface area (TPSA) is 177 Å². The van der Waals surface area contributed by atoms with E-state index in [1.54, 1.807) is 26.8 Å². The van der Waals surface area contributed by atoms with Crippen LogP contribution in [-0.2, 0) is 22.3 Å². The second kappa shape index (κ2) is 14.4. The molecule has 0 aliphatic carbocycles. The van der Waals surface area contributed by atoms with Crippen molar-refractivity contribution in [1.82, 2.24) is 20.6 Å². The van der Waals surface area contributed by atoms with Crippen molar-refractivity contribution in [1.29, 1.82) is 0 Å². The number of benzene rings is 2. The van der Waals surface area contributed by atoms with Gasteiger partial charge < -0.3 is 35.8 Å². The maximum Gasteiger partial charge on any atom is 0.407 e. The lowest BCUT2D eigenvalue weighted by Crippen LogP contribution is -2.33. The van der Waals surface area contributed by atoms with E-state index in [-0.39, 0.29) is 13.1 Å². The third-order valence-electron chi connectivity index (χ3n) is 5.70. The van der Waals surface area contributed by atoms with Gasteiger partial charge in [-0.3, -0.25) is 10.1 Å². The summed E-state index contributed by atoms with van der Waals surface area (Å²) in [6.07, 6.45) is 0.451. The Morgan fingerprint density at radius 3 is 1.67 bits per heavy atom. The number of amides is 2. The van der Waals surface area contributed by atoms with Gasteiger partial charge in [0.2, 0.25) is 0 Å². The van der Waals surface area contributed by atoms with Crippen LogP contribution in [0.15, 0.2) is 48.5 Å². The van der Waals surface area contributed by atoms with E-state index < -0.39 is 28.3 Å². The Balaban J connectivity index is 0.000000295. The van der Waals surface area contributed by atoms with Crippen molar-refractivity contribution in [3.8, 4) is 0 Å². The number of nitrogens with zero attached hydrogens (tertiary/aromatic N) is 1. The average Bonchev–Trinajstić information content (AvgIpc) is 3.44. The van der Waals surface area contributed by atoms with E-state index in [9.17, 15) is 19.7 Å². The third kappa shape index (κ3) is 11.6. The SMILES string of the molecule is C.CC(C)(C)OC(=O)NCCc1cc2ccc(N)cc2[nH]1.CC(C)(C)OC(=O)NCCc1cc2ccc([N+](=O)[O-])cc2[nH]1. The Hall–Kier alpha value is -4.74. The largest absolute Gasteiger partial charge is 0.444 e. The van der Waals surface area contributed by atoms with Gasteiger partial charge in [-0.05, 0) is 77.3 Å². The molecule has 0 aliphatic heterocycles. The van der Waals surface area contributed by atoms with Crippen LogP contribution in [0.4, 0.5) is 21.0 Å². The number of carbonyl (C=O) groups is 2. The quantitative estimate of drug-likeness (QED) is 0.0906. The monoisotopic (exact) mass is 596 g/mol. The lowest BCUT2D eigenvalue weighted by molar-refractivity contribution is -0.384. The number of fused-ring (bicyclic) bond motifs is 2. The van der Waals surface area contributed by atoms with Crippen LogP contribution in [0.3, 0.4) is 0 Å². The number of anilines is 1. The van der Waals surface area contributed by atoms with Crippen LogP contribution in [0.25, 0.3) is 21.8 Å². The fourth-order valence-corrected chi connectivity index (χ4v) is 3.99. The maximum atomic E-state index is 11.5. The van der Waals surface area contributed by atoms with Crippen LogP contribution >= 0.6 is 0 Å². The number of hydrogen-bond acceptors (Lipinski definition) is 7. The Kier molecular flexibility index (Phi) is 11.6. The number of rotatable bonds is 7. The van der Waals surface area contributed by atoms with Gasteiger partial charge in [-0.25, -0.2) is 9.59 Å². The molecule has 234 valence electrons. The van der Waals surface area contributed by atoms with Gasteiger partial charge in [-0.15, -0.1) is 0 Å². The Morgan fingerprint density at radius 1 is 0.791 bits per heavy atom. The molecule has 2 aromatic carbocycles. The fourth-order valence-electron chi connectivity index (χ4n) is 3.99. The molecule has 4 aromatic rings. The highest BCUT2D eigenvalue weighted by atomic mass is 16.6. The lowest BCUT2D eigenvalue weighted by Gasteiger charge is -2.19. The normalized spacial score (nSPS) is 11.2. The zero-order chi connectivity index (χ0) is 31.1. The molecule has 0 spiro atoms. The maximum absolute atomic E-state index is 11.5. The van der Waals surface area contributed by atoms with Crippen molar-refractivity contribution in [3.05, 3.63) is 70.0 Å². The van der Waals surface area contributed by atoms with E-state index in [0.717, 1.165) is 33.4 Å². The molecule has 0 unspecified atom stereocenters. The number of ether oxygens (including phenoxy) is 2. The number of carbonyl (C=O) groups excluding carboxylic acids is 2. The summed E-state index contributed by atoms with van der Waals surface area (Å²) in [6, 6.07) is 14.4. The number of nitro groups is 1. The molecule has 0 aliphatic rings. The van der Waals surface area contributed by atoms with Crippen LogP contribution in [0.2, 0.25) is 0 Å². The van der Waals surface area contributed by atoms with Gasteiger partial charge in [0.05, 0.1) is 10.4 Å². The Morgan fingerprint density at radius 2 is 1.23 bits per heavy atom. The highest BCUT2D eigenvalue weighted by Gasteiger charge is 2.16. The number of H-pyrrole nitrogens is 2. The van der Waals surface area contributed by atoms with Crippen LogP contribution in [0.5, 0.6) is 0 Å². The number of nitrogens with two attached hydrogens (primary N) is 1. The van der Waals surface area contributed by atoms with E-state index in [4.69, 9.17) is 15.2 Å². The number of alkyl carbamates (subject to hydrolysis) is 2. The van der Waals surface area contributed by atoms with Gasteiger partial charge in [-0.1, -0.05) is 13.5 Å². The minimum atomic E-state index is -0.524. The number of aromatic nitrogens is 2. The third-order valence-corrected chi connectivity index (χ3v) is 5.70. The molecule has 0 radical (unpaired) electrons. The van der Waals surface area contributed by atoms with E-state index in [1.807, 2.05) is 45.0 Å². The van der Waals surface area contributed by atoms with Crippen molar-refractivity contribution in [3.63, 3.8) is 0 Å². The number of aromatic amines is 2. The molecule has 12 heteroatoms. The molecule has 0 saturated heterocycles. The van der Waals surface area contributed by atoms with E-state index in [1.165, 1.54) is 12.1 Å². The lowest BCUT2D eigenvalue weighted by atomic mass is 10.2. The molecule has 0 atom stereocenters. The fraction of sp³-hybridized carbons (Fsp3) is 0.419. The van der Waals surface area contributed by atoms with Gasteiger partial charge in [0, 0.05) is 66.0 Å². The predicted molar refractivity (Wildman–Crippen MR) is 170 cm³/mol. The molecule has 12 nitrogen and oxygen atoms in total. The molecule has 6 N–H and O–H groups in total. The van der Waals surface area contributed by atoms with Gasteiger partial charge >= 0.3 is 12.2 Å². The second-order valence-electron chi connectivity index (χ2n) is 11.8. The van der Waals surface area contributed by atoms with Gasteiger partial charge in [-0.2, -0.15) is 0 Å². The predicted octanol–water partition coefficient (Wildman–Crippen LogP) is 6.60. The van der Waals surface area contributed by atoms with E-state index in [2.05, 4.69) is 26.7 Å². The number of non-ortho nitro benzene ring substituents is 1. The highest BCUT2D eigenvalue weighted by molar-refractivity contribution is 5.84. The summed E-state index contributed by atoms with van der Waals surface area (Å²) in [7, 11) is 0. The standard InChI is InChI=1S/C15H19N3O4.C15H21N3O2.CH4/c1-15(2,3)22-14(19)16-7-6-11-8-10-4-5-12(18(20)21)9-13(10)17-11;1-15(2,3)20-14(19)17-7-6-12-8-10-4-5-11(16)9-13(10)18-12;/h4-5,8-9,17H,6-7H2,1-3H3,(H,16,19);4-5,8-9,18H,6-7,16H2,1-3H3,(H,17,19);1H4. The smallest absolute Gasteiger partial charge is 0.407 e. The first kappa shape index (κ1) is 34.5. The number of nitrogen functional groups attached to an aromatic ring is 1. The van der Waals surface area contributed by atoms with Crippen molar-refractivity contribution >= 4 is 45.4 Å². The highest BCUT2D eigenvalue weighted by Crippen LogP contribution is 2.22. The summed E-state index contributed by atoms with van der Waals surface area (Å²) in [5.74, 6) is 0. The first-order chi connectivity index (χ1) is 19.6. The number of nitro benzene ring substituents is 1. The molecular weight excluding hydrogens is 552 g/mol. The van der Waals surface area contributed by atoms with Crippen LogP contribution in [-0.4, -0.2) is 51.4 Å². The van der Waals surface area contributed by atoms with Gasteiger partial charge in [0.15, 0.2) is 0 Å². The number of nitrogens with one attached hydrogen (secondary N) is 4. The molecule has 0 saturated carbocycles.